The lowest BCUT2D eigenvalue weighted by atomic mass is 10.0. The first kappa shape index (κ1) is 10.6. The van der Waals surface area contributed by atoms with E-state index in [-0.39, 0.29) is 12.8 Å². The molecule has 0 bridgehead atoms. The van der Waals surface area contributed by atoms with Gasteiger partial charge in [0.25, 0.3) is 0 Å². The molecule has 1 atom stereocenters. The van der Waals surface area contributed by atoms with E-state index in [2.05, 4.69) is 0 Å². The largest absolute Gasteiger partial charge is 0.454 e. The van der Waals surface area contributed by atoms with Crippen molar-refractivity contribution in [2.75, 3.05) is 6.79 Å². The van der Waals surface area contributed by atoms with Gasteiger partial charge in [0.1, 0.15) is 0 Å². The summed E-state index contributed by atoms with van der Waals surface area (Å²) in [6.45, 7) is 4.21. The Bertz CT molecular complexity index is 391. The average Bonchev–Trinajstić information content (AvgIpc) is 2.59. The Kier molecular flexibility index (Phi) is 2.76. The molecule has 3 nitrogen and oxygen atoms in total. The molecule has 1 unspecified atom stereocenters. The smallest absolute Gasteiger partial charge is 0.231 e. The van der Waals surface area contributed by atoms with Crippen LogP contribution in [0, 0.1) is 6.92 Å². The minimum atomic E-state index is 0.0848. The maximum absolute atomic E-state index is 6.24. The summed E-state index contributed by atoms with van der Waals surface area (Å²) in [6.07, 6.45) is 0.751. The minimum absolute atomic E-state index is 0.0848. The van der Waals surface area contributed by atoms with Crippen LogP contribution < -0.4 is 15.2 Å². The lowest BCUT2D eigenvalue weighted by molar-refractivity contribution is 0.174. The van der Waals surface area contributed by atoms with Crippen LogP contribution in [0.15, 0.2) is 6.07 Å². The molecule has 15 heavy (non-hydrogen) atoms. The number of fused-ring (bicyclic) bond motifs is 1. The molecule has 82 valence electrons. The van der Waals surface area contributed by atoms with Crippen LogP contribution in [0.1, 0.15) is 18.1 Å². The van der Waals surface area contributed by atoms with Crippen molar-refractivity contribution in [3.8, 4) is 11.5 Å². The normalized spacial score (nSPS) is 15.5. The molecule has 1 aliphatic rings. The Morgan fingerprint density at radius 2 is 2.27 bits per heavy atom. The van der Waals surface area contributed by atoms with Gasteiger partial charge in [0.05, 0.1) is 5.02 Å². The SMILES string of the molecule is Cc1cc2c(c(Cl)c1CC(C)N)OCO2. The average molecular weight is 228 g/mol. The van der Waals surface area contributed by atoms with Crippen LogP contribution in [0.4, 0.5) is 0 Å². The first-order chi connectivity index (χ1) is 7.09. The van der Waals surface area contributed by atoms with E-state index in [0.29, 0.717) is 10.8 Å². The molecule has 0 aromatic heterocycles. The maximum Gasteiger partial charge on any atom is 0.231 e. The predicted octanol–water partition coefficient (Wildman–Crippen LogP) is 2.27. The van der Waals surface area contributed by atoms with Crippen LogP contribution in [0.2, 0.25) is 5.02 Å². The van der Waals surface area contributed by atoms with Crippen molar-refractivity contribution >= 4 is 11.6 Å². The van der Waals surface area contributed by atoms with Gasteiger partial charge in [-0.3, -0.25) is 0 Å². The highest BCUT2D eigenvalue weighted by Crippen LogP contribution is 2.42. The monoisotopic (exact) mass is 227 g/mol. The fraction of sp³-hybridized carbons (Fsp3) is 0.455. The molecule has 1 aromatic rings. The summed E-state index contributed by atoms with van der Waals surface area (Å²) >= 11 is 6.24. The third-order valence-electron chi connectivity index (χ3n) is 2.46. The summed E-state index contributed by atoms with van der Waals surface area (Å²) in [7, 11) is 0. The molecule has 1 aliphatic heterocycles. The second-order valence-electron chi connectivity index (χ2n) is 3.90. The van der Waals surface area contributed by atoms with Gasteiger partial charge in [-0.15, -0.1) is 0 Å². The number of ether oxygens (including phenoxy) is 2. The Morgan fingerprint density at radius 3 is 2.93 bits per heavy atom. The number of rotatable bonds is 2. The van der Waals surface area contributed by atoms with Gasteiger partial charge in [-0.1, -0.05) is 11.6 Å². The maximum atomic E-state index is 6.24. The van der Waals surface area contributed by atoms with E-state index in [1.165, 1.54) is 0 Å². The van der Waals surface area contributed by atoms with Gasteiger partial charge in [-0.05, 0) is 37.5 Å². The van der Waals surface area contributed by atoms with Crippen LogP contribution in [-0.2, 0) is 6.42 Å². The van der Waals surface area contributed by atoms with Gasteiger partial charge in [-0.2, -0.15) is 0 Å². The standard InChI is InChI=1S/C11H14ClNO2/c1-6-3-9-11(15-5-14-9)10(12)8(6)4-7(2)13/h3,7H,4-5,13H2,1-2H3. The molecule has 2 rings (SSSR count). The summed E-state index contributed by atoms with van der Waals surface area (Å²) in [5.41, 5.74) is 7.93. The Morgan fingerprint density at radius 1 is 1.53 bits per heavy atom. The van der Waals surface area contributed by atoms with Crippen molar-refractivity contribution in [3.63, 3.8) is 0 Å². The third-order valence-corrected chi connectivity index (χ3v) is 2.86. The van der Waals surface area contributed by atoms with Gasteiger partial charge in [-0.25, -0.2) is 0 Å². The molecular formula is C11H14ClNO2. The second kappa shape index (κ2) is 3.91. The number of hydrogen-bond donors (Lipinski definition) is 1. The lowest BCUT2D eigenvalue weighted by Gasteiger charge is -2.12. The number of nitrogens with two attached hydrogens (primary N) is 1. The van der Waals surface area contributed by atoms with E-state index in [4.69, 9.17) is 26.8 Å². The molecule has 1 heterocycles. The van der Waals surface area contributed by atoms with Gasteiger partial charge in [0.15, 0.2) is 11.5 Å². The number of benzene rings is 1. The highest BCUT2D eigenvalue weighted by atomic mass is 35.5. The molecule has 2 N–H and O–H groups in total. The van der Waals surface area contributed by atoms with Crippen molar-refractivity contribution in [1.82, 2.24) is 0 Å². The van der Waals surface area contributed by atoms with Crippen molar-refractivity contribution in [2.24, 2.45) is 5.73 Å². The zero-order valence-electron chi connectivity index (χ0n) is 8.84. The van der Waals surface area contributed by atoms with Crippen molar-refractivity contribution < 1.29 is 9.47 Å². The van der Waals surface area contributed by atoms with Crippen LogP contribution in [0.25, 0.3) is 0 Å². The minimum Gasteiger partial charge on any atom is -0.454 e. The zero-order valence-corrected chi connectivity index (χ0v) is 9.60. The van der Waals surface area contributed by atoms with Gasteiger partial charge in [0, 0.05) is 6.04 Å². The lowest BCUT2D eigenvalue weighted by Crippen LogP contribution is -2.18. The summed E-state index contributed by atoms with van der Waals surface area (Å²) in [4.78, 5) is 0. The summed E-state index contributed by atoms with van der Waals surface area (Å²) < 4.78 is 10.6. The molecule has 1 aromatic carbocycles. The fourth-order valence-electron chi connectivity index (χ4n) is 1.73. The Labute approximate surface area is 94.1 Å². The summed E-state index contributed by atoms with van der Waals surface area (Å²) in [5.74, 6) is 1.38. The number of hydrogen-bond acceptors (Lipinski definition) is 3. The predicted molar refractivity (Wildman–Crippen MR) is 59.7 cm³/mol. The first-order valence-corrected chi connectivity index (χ1v) is 5.30. The fourth-order valence-corrected chi connectivity index (χ4v) is 2.11. The van der Waals surface area contributed by atoms with Crippen molar-refractivity contribution in [1.29, 1.82) is 0 Å². The van der Waals surface area contributed by atoms with Gasteiger partial charge >= 0.3 is 0 Å². The van der Waals surface area contributed by atoms with Crippen LogP contribution >= 0.6 is 11.6 Å². The highest BCUT2D eigenvalue weighted by molar-refractivity contribution is 6.33. The van der Waals surface area contributed by atoms with Crippen molar-refractivity contribution in [3.05, 3.63) is 22.2 Å². The summed E-state index contributed by atoms with van der Waals surface area (Å²) in [6, 6.07) is 2.04. The van der Waals surface area contributed by atoms with Crippen LogP contribution in [-0.4, -0.2) is 12.8 Å². The topological polar surface area (TPSA) is 44.5 Å². The van der Waals surface area contributed by atoms with E-state index in [1.54, 1.807) is 0 Å². The molecule has 0 aliphatic carbocycles. The van der Waals surface area contributed by atoms with E-state index in [9.17, 15) is 0 Å². The Hall–Kier alpha value is -0.930. The summed E-state index contributed by atoms with van der Waals surface area (Å²) in [5, 5.41) is 0.639. The molecule has 0 amide bonds. The zero-order chi connectivity index (χ0) is 11.0. The molecule has 0 radical (unpaired) electrons. The van der Waals surface area contributed by atoms with Gasteiger partial charge < -0.3 is 15.2 Å². The molecule has 0 spiro atoms. The van der Waals surface area contributed by atoms with E-state index in [1.807, 2.05) is 19.9 Å². The second-order valence-corrected chi connectivity index (χ2v) is 4.28. The molecule has 0 fully saturated rings. The van der Waals surface area contributed by atoms with E-state index < -0.39 is 0 Å². The van der Waals surface area contributed by atoms with E-state index >= 15 is 0 Å². The molecular weight excluding hydrogens is 214 g/mol. The van der Waals surface area contributed by atoms with Gasteiger partial charge in [0.2, 0.25) is 6.79 Å². The van der Waals surface area contributed by atoms with Crippen LogP contribution in [0.5, 0.6) is 11.5 Å². The molecule has 0 saturated carbocycles. The van der Waals surface area contributed by atoms with E-state index in [0.717, 1.165) is 23.3 Å². The highest BCUT2D eigenvalue weighted by Gasteiger charge is 2.22. The van der Waals surface area contributed by atoms with Crippen molar-refractivity contribution in [2.45, 2.75) is 26.3 Å². The molecule has 4 heteroatoms. The number of halogens is 1. The third kappa shape index (κ3) is 1.90. The first-order valence-electron chi connectivity index (χ1n) is 4.92. The molecule has 0 saturated heterocycles. The quantitative estimate of drug-likeness (QED) is 0.843. The van der Waals surface area contributed by atoms with Crippen LogP contribution in [0.3, 0.4) is 0 Å². The number of aryl methyl sites for hydroxylation is 1. The Balaban J connectivity index is 2.46.